The molecule has 168 valence electrons. The average Bonchev–Trinajstić information content (AvgIpc) is 3.12. The SMILES string of the molecule is COC(=O)Cc1[nH]n(-c2ccc(OC)cc2)c(=O)c1C(C)=NCCCN1CCOCC1. The van der Waals surface area contributed by atoms with E-state index in [1.54, 1.807) is 38.3 Å². The lowest BCUT2D eigenvalue weighted by Gasteiger charge is -2.26. The number of aliphatic imine (C=N–C) groups is 1. The van der Waals surface area contributed by atoms with E-state index >= 15 is 0 Å². The summed E-state index contributed by atoms with van der Waals surface area (Å²) < 4.78 is 16.8. The minimum Gasteiger partial charge on any atom is -0.497 e. The Hall–Kier alpha value is -2.91. The van der Waals surface area contributed by atoms with Crippen molar-refractivity contribution >= 4 is 11.7 Å². The average molecular weight is 431 g/mol. The first-order chi connectivity index (χ1) is 15.0. The molecule has 0 aliphatic carbocycles. The number of ether oxygens (including phenoxy) is 3. The quantitative estimate of drug-likeness (QED) is 0.367. The van der Waals surface area contributed by atoms with Gasteiger partial charge in [-0.2, -0.15) is 0 Å². The van der Waals surface area contributed by atoms with E-state index in [1.807, 2.05) is 0 Å². The summed E-state index contributed by atoms with van der Waals surface area (Å²) in [7, 11) is 2.91. The highest BCUT2D eigenvalue weighted by atomic mass is 16.5. The van der Waals surface area contributed by atoms with Crippen LogP contribution in [0.25, 0.3) is 5.69 Å². The third-order valence-corrected chi connectivity index (χ3v) is 5.29. The van der Waals surface area contributed by atoms with Gasteiger partial charge in [0.05, 0.1) is 50.8 Å². The van der Waals surface area contributed by atoms with Gasteiger partial charge in [-0.15, -0.1) is 0 Å². The predicted octanol–water partition coefficient (Wildman–Crippen LogP) is 1.42. The van der Waals surface area contributed by atoms with Crippen LogP contribution in [0.1, 0.15) is 24.6 Å². The summed E-state index contributed by atoms with van der Waals surface area (Å²) in [5.74, 6) is 0.265. The van der Waals surface area contributed by atoms with Gasteiger partial charge in [-0.1, -0.05) is 0 Å². The molecule has 1 aromatic heterocycles. The number of aromatic amines is 1. The zero-order chi connectivity index (χ0) is 22.2. The number of esters is 1. The number of morpholine rings is 1. The van der Waals surface area contributed by atoms with Gasteiger partial charge in [0.15, 0.2) is 0 Å². The van der Waals surface area contributed by atoms with Crippen molar-refractivity contribution in [2.45, 2.75) is 19.8 Å². The molecule has 1 saturated heterocycles. The van der Waals surface area contributed by atoms with Gasteiger partial charge in [-0.05, 0) is 37.6 Å². The van der Waals surface area contributed by atoms with Crippen molar-refractivity contribution in [3.05, 3.63) is 45.9 Å². The van der Waals surface area contributed by atoms with Gasteiger partial charge in [0.1, 0.15) is 5.75 Å². The number of carbonyl (C=O) groups is 1. The lowest BCUT2D eigenvalue weighted by Crippen LogP contribution is -2.37. The molecule has 0 amide bonds. The topological polar surface area (TPSA) is 98.1 Å². The van der Waals surface area contributed by atoms with Crippen LogP contribution in [0.5, 0.6) is 5.75 Å². The maximum atomic E-state index is 13.2. The molecule has 2 heterocycles. The molecule has 1 aromatic carbocycles. The Morgan fingerprint density at radius 2 is 1.90 bits per heavy atom. The zero-order valence-corrected chi connectivity index (χ0v) is 18.3. The van der Waals surface area contributed by atoms with Crippen LogP contribution in [-0.2, 0) is 20.7 Å². The highest BCUT2D eigenvalue weighted by molar-refractivity contribution is 6.00. The Balaban J connectivity index is 1.81. The van der Waals surface area contributed by atoms with E-state index in [4.69, 9.17) is 14.2 Å². The number of methoxy groups -OCH3 is 2. The van der Waals surface area contributed by atoms with E-state index in [9.17, 15) is 9.59 Å². The number of carbonyl (C=O) groups excluding carboxylic acids is 1. The minimum absolute atomic E-state index is 0.0368. The molecule has 0 saturated carbocycles. The number of nitrogens with zero attached hydrogens (tertiary/aromatic N) is 3. The second kappa shape index (κ2) is 10.9. The Bertz CT molecular complexity index is 955. The number of H-pyrrole nitrogens is 1. The molecule has 1 aliphatic rings. The first-order valence-corrected chi connectivity index (χ1v) is 10.4. The summed E-state index contributed by atoms with van der Waals surface area (Å²) in [6.45, 7) is 6.78. The molecule has 1 aliphatic heterocycles. The Kier molecular flexibility index (Phi) is 8.02. The molecule has 31 heavy (non-hydrogen) atoms. The molecule has 0 radical (unpaired) electrons. The molecule has 1 fully saturated rings. The molecular weight excluding hydrogens is 400 g/mol. The molecule has 1 N–H and O–H groups in total. The molecule has 9 heteroatoms. The maximum Gasteiger partial charge on any atom is 0.311 e. The number of benzene rings is 1. The second-order valence-corrected chi connectivity index (χ2v) is 7.33. The monoisotopic (exact) mass is 430 g/mol. The zero-order valence-electron chi connectivity index (χ0n) is 18.3. The largest absolute Gasteiger partial charge is 0.497 e. The first-order valence-electron chi connectivity index (χ1n) is 10.4. The molecule has 0 atom stereocenters. The Labute approximate surface area is 181 Å². The Morgan fingerprint density at radius 3 is 2.55 bits per heavy atom. The third-order valence-electron chi connectivity index (χ3n) is 5.29. The molecule has 3 rings (SSSR count). The van der Waals surface area contributed by atoms with Crippen molar-refractivity contribution in [3.63, 3.8) is 0 Å². The van der Waals surface area contributed by atoms with Crippen LogP contribution in [0.3, 0.4) is 0 Å². The summed E-state index contributed by atoms with van der Waals surface area (Å²) in [4.78, 5) is 32.1. The van der Waals surface area contributed by atoms with Crippen LogP contribution in [0.15, 0.2) is 34.1 Å². The minimum atomic E-state index is -0.426. The van der Waals surface area contributed by atoms with Crippen LogP contribution in [-0.4, -0.2) is 80.0 Å². The van der Waals surface area contributed by atoms with Gasteiger partial charge in [-0.25, -0.2) is 4.68 Å². The van der Waals surface area contributed by atoms with Crippen molar-refractivity contribution in [1.29, 1.82) is 0 Å². The fourth-order valence-corrected chi connectivity index (χ4v) is 3.56. The standard InChI is InChI=1S/C22H30N4O5/c1-16(23-9-4-10-25-11-13-31-14-12-25)21-19(15-20(27)30-3)24-26(22(21)28)17-5-7-18(29-2)8-6-17/h5-8,24H,4,9-15H2,1-3H3. The number of rotatable bonds is 9. The van der Waals surface area contributed by atoms with Gasteiger partial charge >= 0.3 is 5.97 Å². The van der Waals surface area contributed by atoms with Gasteiger partial charge < -0.3 is 14.2 Å². The van der Waals surface area contributed by atoms with E-state index < -0.39 is 5.97 Å². The molecule has 0 spiro atoms. The van der Waals surface area contributed by atoms with Crippen molar-refractivity contribution in [2.75, 3.05) is 53.6 Å². The molecule has 2 aromatic rings. The summed E-state index contributed by atoms with van der Waals surface area (Å²) in [6, 6.07) is 7.10. The van der Waals surface area contributed by atoms with Crippen molar-refractivity contribution < 1.29 is 19.0 Å². The number of hydrogen-bond donors (Lipinski definition) is 1. The van der Waals surface area contributed by atoms with Crippen LogP contribution < -0.4 is 10.3 Å². The van der Waals surface area contributed by atoms with E-state index in [1.165, 1.54) is 11.8 Å². The summed E-state index contributed by atoms with van der Waals surface area (Å²) in [5, 5.41) is 3.05. The Morgan fingerprint density at radius 1 is 1.19 bits per heavy atom. The van der Waals surface area contributed by atoms with Crippen LogP contribution in [0.2, 0.25) is 0 Å². The van der Waals surface area contributed by atoms with Crippen LogP contribution in [0.4, 0.5) is 0 Å². The highest BCUT2D eigenvalue weighted by Crippen LogP contribution is 2.15. The van der Waals surface area contributed by atoms with Crippen molar-refractivity contribution in [1.82, 2.24) is 14.7 Å². The van der Waals surface area contributed by atoms with Crippen molar-refractivity contribution in [3.8, 4) is 11.4 Å². The fraction of sp³-hybridized carbons (Fsp3) is 0.500. The number of nitrogens with one attached hydrogen (secondary N) is 1. The van der Waals surface area contributed by atoms with Crippen LogP contribution >= 0.6 is 0 Å². The molecule has 0 unspecified atom stereocenters. The fourth-order valence-electron chi connectivity index (χ4n) is 3.56. The van der Waals surface area contributed by atoms with Gasteiger partial charge in [0.2, 0.25) is 0 Å². The lowest BCUT2D eigenvalue weighted by molar-refractivity contribution is -0.139. The molecule has 0 bridgehead atoms. The summed E-state index contributed by atoms with van der Waals surface area (Å²) >= 11 is 0. The maximum absolute atomic E-state index is 13.2. The number of aromatic nitrogens is 2. The van der Waals surface area contributed by atoms with Gasteiger partial charge in [0, 0.05) is 31.9 Å². The van der Waals surface area contributed by atoms with Crippen LogP contribution in [0, 0.1) is 0 Å². The third kappa shape index (κ3) is 5.83. The summed E-state index contributed by atoms with van der Waals surface area (Å²) in [6.07, 6.45) is 0.853. The van der Waals surface area contributed by atoms with Gasteiger partial charge in [-0.3, -0.25) is 24.6 Å². The van der Waals surface area contributed by atoms with Crippen molar-refractivity contribution in [2.24, 2.45) is 4.99 Å². The normalized spacial score (nSPS) is 15.1. The molecule has 9 nitrogen and oxygen atoms in total. The summed E-state index contributed by atoms with van der Waals surface area (Å²) in [5.41, 5.74) is 1.89. The van der Waals surface area contributed by atoms with E-state index in [-0.39, 0.29) is 12.0 Å². The number of hydrogen-bond acceptors (Lipinski definition) is 7. The first kappa shape index (κ1) is 22.8. The smallest absolute Gasteiger partial charge is 0.311 e. The van der Waals surface area contributed by atoms with Gasteiger partial charge in [0.25, 0.3) is 5.56 Å². The molecular formula is C22H30N4O5. The van der Waals surface area contributed by atoms with E-state index in [0.29, 0.717) is 35.0 Å². The van der Waals surface area contributed by atoms with E-state index in [0.717, 1.165) is 39.3 Å². The van der Waals surface area contributed by atoms with E-state index in [2.05, 4.69) is 15.0 Å². The second-order valence-electron chi connectivity index (χ2n) is 7.33. The lowest BCUT2D eigenvalue weighted by atomic mass is 10.1. The highest BCUT2D eigenvalue weighted by Gasteiger charge is 2.20. The predicted molar refractivity (Wildman–Crippen MR) is 118 cm³/mol.